The van der Waals surface area contributed by atoms with Gasteiger partial charge in [-0.05, 0) is 23.1 Å². The van der Waals surface area contributed by atoms with Crippen LogP contribution in [0.4, 0.5) is 0 Å². The summed E-state index contributed by atoms with van der Waals surface area (Å²) in [6.45, 7) is 17.2. The number of hydrogen-bond acceptors (Lipinski definition) is 4. The lowest BCUT2D eigenvalue weighted by Gasteiger charge is -2.34. The zero-order chi connectivity index (χ0) is 21.3. The molecule has 2 rings (SSSR count). The van der Waals surface area contributed by atoms with Crippen molar-refractivity contribution in [3.05, 3.63) is 35.4 Å². The fraction of sp³-hybridized carbons (Fsp3) is 0.696. The molecule has 0 aromatic heterocycles. The minimum Gasteiger partial charge on any atom is -0.379 e. The minimum atomic E-state index is 0.0830. The maximum atomic E-state index is 5.61. The van der Waals surface area contributed by atoms with E-state index in [-0.39, 0.29) is 11.5 Å². The first-order valence-corrected chi connectivity index (χ1v) is 10.9. The van der Waals surface area contributed by atoms with Crippen molar-refractivity contribution in [2.75, 3.05) is 53.4 Å². The van der Waals surface area contributed by atoms with E-state index in [0.717, 1.165) is 45.2 Å². The number of nitrogens with one attached hydrogen (secondary N) is 2. The van der Waals surface area contributed by atoms with Crippen molar-refractivity contribution >= 4 is 5.96 Å². The van der Waals surface area contributed by atoms with Crippen LogP contribution in [-0.2, 0) is 17.8 Å². The van der Waals surface area contributed by atoms with Crippen molar-refractivity contribution in [3.8, 4) is 0 Å². The van der Waals surface area contributed by atoms with Gasteiger partial charge in [-0.15, -0.1) is 0 Å². The quantitative estimate of drug-likeness (QED) is 0.516. The van der Waals surface area contributed by atoms with Crippen LogP contribution in [0, 0.1) is 5.41 Å². The van der Waals surface area contributed by atoms with Crippen LogP contribution in [0.15, 0.2) is 29.3 Å². The molecule has 1 saturated heterocycles. The second-order valence-electron chi connectivity index (χ2n) is 8.92. The van der Waals surface area contributed by atoms with E-state index in [1.54, 1.807) is 14.2 Å². The number of methoxy groups -OCH3 is 1. The Bertz CT molecular complexity index is 615. The Balaban J connectivity index is 1.77. The number of guanidine groups is 1. The molecule has 0 aliphatic carbocycles. The molecule has 1 aliphatic rings. The topological polar surface area (TPSA) is 52.1 Å². The van der Waals surface area contributed by atoms with Crippen LogP contribution in [0.1, 0.15) is 38.8 Å². The number of nitrogens with zero attached hydrogens (tertiary/aromatic N) is 3. The van der Waals surface area contributed by atoms with Crippen molar-refractivity contribution in [1.82, 2.24) is 20.4 Å². The Labute approximate surface area is 177 Å². The lowest BCUT2D eigenvalue weighted by atomic mass is 9.89. The van der Waals surface area contributed by atoms with Gasteiger partial charge in [0.2, 0.25) is 0 Å². The molecule has 1 unspecified atom stereocenters. The van der Waals surface area contributed by atoms with Gasteiger partial charge >= 0.3 is 0 Å². The van der Waals surface area contributed by atoms with Crippen molar-refractivity contribution in [2.24, 2.45) is 10.4 Å². The van der Waals surface area contributed by atoms with Crippen LogP contribution in [-0.4, -0.2) is 75.3 Å². The zero-order valence-electron chi connectivity index (χ0n) is 19.3. The summed E-state index contributed by atoms with van der Waals surface area (Å²) in [7, 11) is 3.56. The molecule has 1 atom stereocenters. The van der Waals surface area contributed by atoms with E-state index in [1.807, 2.05) is 0 Å². The molecule has 0 saturated carbocycles. The van der Waals surface area contributed by atoms with E-state index in [9.17, 15) is 0 Å². The van der Waals surface area contributed by atoms with Gasteiger partial charge in [-0.2, -0.15) is 0 Å². The third-order valence-electron chi connectivity index (χ3n) is 5.73. The Kier molecular flexibility index (Phi) is 9.40. The molecule has 1 aliphatic heterocycles. The summed E-state index contributed by atoms with van der Waals surface area (Å²) in [6.07, 6.45) is 0.125. The molecule has 1 heterocycles. The molecule has 6 heteroatoms. The molecule has 0 bridgehead atoms. The standard InChI is InChI=1S/C23H41N5O/c1-7-27-12-14-28(15-13-27)18-20-10-8-19(9-11-20)16-25-22(24-5)26-17-21(29-6)23(2,3)4/h8-11,21H,7,12-18H2,1-6H3,(H2,24,25,26). The molecule has 0 radical (unpaired) electrons. The zero-order valence-corrected chi connectivity index (χ0v) is 19.3. The largest absolute Gasteiger partial charge is 0.379 e. The van der Waals surface area contributed by atoms with Crippen LogP contribution in [0.3, 0.4) is 0 Å². The van der Waals surface area contributed by atoms with E-state index < -0.39 is 0 Å². The molecule has 0 amide bonds. The van der Waals surface area contributed by atoms with Crippen molar-refractivity contribution in [1.29, 1.82) is 0 Å². The molecule has 1 aromatic rings. The Morgan fingerprint density at radius 1 is 1.03 bits per heavy atom. The number of aliphatic imine (C=N–C) groups is 1. The highest BCUT2D eigenvalue weighted by atomic mass is 16.5. The van der Waals surface area contributed by atoms with Crippen LogP contribution in [0.2, 0.25) is 0 Å². The van der Waals surface area contributed by atoms with Gasteiger partial charge in [-0.25, -0.2) is 0 Å². The van der Waals surface area contributed by atoms with Crippen LogP contribution < -0.4 is 10.6 Å². The fourth-order valence-corrected chi connectivity index (χ4v) is 3.62. The molecule has 1 aromatic carbocycles. The normalized spacial score (nSPS) is 17.9. The number of likely N-dealkylation sites (N-methyl/N-ethyl adjacent to an activating group) is 1. The summed E-state index contributed by atoms with van der Waals surface area (Å²) in [5.41, 5.74) is 2.72. The first-order valence-electron chi connectivity index (χ1n) is 10.9. The number of piperazine rings is 1. The molecule has 1 fully saturated rings. The van der Waals surface area contributed by atoms with Gasteiger partial charge in [-0.3, -0.25) is 9.89 Å². The van der Waals surface area contributed by atoms with Gasteiger partial charge in [-0.1, -0.05) is 52.0 Å². The van der Waals surface area contributed by atoms with Gasteiger partial charge in [0.1, 0.15) is 0 Å². The molecule has 29 heavy (non-hydrogen) atoms. The fourth-order valence-electron chi connectivity index (χ4n) is 3.62. The summed E-state index contributed by atoms with van der Waals surface area (Å²) in [5, 5.41) is 6.77. The van der Waals surface area contributed by atoms with E-state index in [1.165, 1.54) is 24.2 Å². The predicted octanol–water partition coefficient (Wildman–Crippen LogP) is 2.55. The van der Waals surface area contributed by atoms with E-state index in [4.69, 9.17) is 4.74 Å². The number of benzene rings is 1. The van der Waals surface area contributed by atoms with Crippen LogP contribution in [0.5, 0.6) is 0 Å². The van der Waals surface area contributed by atoms with Crippen molar-refractivity contribution < 1.29 is 4.74 Å². The molecular weight excluding hydrogens is 362 g/mol. The predicted molar refractivity (Wildman–Crippen MR) is 122 cm³/mol. The van der Waals surface area contributed by atoms with Gasteiger partial charge in [0.25, 0.3) is 0 Å². The Hall–Kier alpha value is -1.63. The second kappa shape index (κ2) is 11.5. The van der Waals surface area contributed by atoms with E-state index in [0.29, 0.717) is 0 Å². The first-order chi connectivity index (χ1) is 13.9. The number of ether oxygens (including phenoxy) is 1. The second-order valence-corrected chi connectivity index (χ2v) is 8.92. The lowest BCUT2D eigenvalue weighted by molar-refractivity contribution is 0.0205. The van der Waals surface area contributed by atoms with Gasteiger partial charge in [0, 0.05) is 60.0 Å². The average Bonchev–Trinajstić information content (AvgIpc) is 2.71. The van der Waals surface area contributed by atoms with Gasteiger partial charge in [0.05, 0.1) is 6.10 Å². The summed E-state index contributed by atoms with van der Waals surface area (Å²) < 4.78 is 5.61. The summed E-state index contributed by atoms with van der Waals surface area (Å²) in [6, 6.07) is 8.93. The highest BCUT2D eigenvalue weighted by Crippen LogP contribution is 2.20. The number of rotatable bonds is 8. The third-order valence-corrected chi connectivity index (χ3v) is 5.73. The lowest BCUT2D eigenvalue weighted by Crippen LogP contribution is -2.45. The van der Waals surface area contributed by atoms with Crippen LogP contribution >= 0.6 is 0 Å². The molecular formula is C23H41N5O. The monoisotopic (exact) mass is 403 g/mol. The number of hydrogen-bond donors (Lipinski definition) is 2. The van der Waals surface area contributed by atoms with Crippen molar-refractivity contribution in [3.63, 3.8) is 0 Å². The maximum absolute atomic E-state index is 5.61. The third kappa shape index (κ3) is 7.96. The van der Waals surface area contributed by atoms with Crippen LogP contribution in [0.25, 0.3) is 0 Å². The summed E-state index contributed by atoms with van der Waals surface area (Å²) in [5.74, 6) is 0.800. The maximum Gasteiger partial charge on any atom is 0.191 e. The Morgan fingerprint density at radius 2 is 1.62 bits per heavy atom. The Morgan fingerprint density at radius 3 is 2.14 bits per heavy atom. The summed E-state index contributed by atoms with van der Waals surface area (Å²) >= 11 is 0. The molecule has 2 N–H and O–H groups in total. The summed E-state index contributed by atoms with van der Waals surface area (Å²) in [4.78, 5) is 9.39. The molecule has 0 spiro atoms. The first kappa shape index (κ1) is 23.6. The van der Waals surface area contributed by atoms with E-state index in [2.05, 4.69) is 77.4 Å². The van der Waals surface area contributed by atoms with Gasteiger partial charge in [0.15, 0.2) is 5.96 Å². The highest BCUT2D eigenvalue weighted by molar-refractivity contribution is 5.79. The van der Waals surface area contributed by atoms with Gasteiger partial charge < -0.3 is 20.3 Å². The smallest absolute Gasteiger partial charge is 0.191 e. The highest BCUT2D eigenvalue weighted by Gasteiger charge is 2.24. The molecule has 164 valence electrons. The minimum absolute atomic E-state index is 0.0830. The van der Waals surface area contributed by atoms with E-state index >= 15 is 0 Å². The molecule has 6 nitrogen and oxygen atoms in total. The SMILES string of the molecule is CCN1CCN(Cc2ccc(CNC(=NC)NCC(OC)C(C)(C)C)cc2)CC1. The van der Waals surface area contributed by atoms with Crippen molar-refractivity contribution in [2.45, 2.75) is 46.9 Å². The average molecular weight is 404 g/mol.